The van der Waals surface area contributed by atoms with E-state index in [1.54, 1.807) is 7.11 Å². The number of rotatable bonds is 4. The quantitative estimate of drug-likeness (QED) is 0.819. The number of nitriles is 1. The molecule has 1 rings (SSSR count). The third-order valence-corrected chi connectivity index (χ3v) is 3.37. The minimum atomic E-state index is -0.457. The van der Waals surface area contributed by atoms with Crippen molar-refractivity contribution in [1.29, 1.82) is 5.26 Å². The summed E-state index contributed by atoms with van der Waals surface area (Å²) in [4.78, 5) is 2.05. The van der Waals surface area contributed by atoms with E-state index in [2.05, 4.69) is 18.2 Å². The monoisotopic (exact) mass is 246 g/mol. The lowest BCUT2D eigenvalue weighted by molar-refractivity contribution is 0.203. The topological polar surface area (TPSA) is 36.3 Å². The van der Waals surface area contributed by atoms with Crippen LogP contribution < -0.4 is 4.74 Å². The van der Waals surface area contributed by atoms with Crippen LogP contribution in [0.3, 0.4) is 0 Å². The maximum Gasteiger partial charge on any atom is 0.124 e. The Hall–Kier alpha value is -1.53. The Morgan fingerprint density at radius 2 is 1.78 bits per heavy atom. The van der Waals surface area contributed by atoms with E-state index in [4.69, 9.17) is 10.00 Å². The van der Waals surface area contributed by atoms with Crippen molar-refractivity contribution in [2.24, 2.45) is 0 Å². The van der Waals surface area contributed by atoms with E-state index < -0.39 is 5.54 Å². The third kappa shape index (κ3) is 3.02. The third-order valence-electron chi connectivity index (χ3n) is 3.37. The fourth-order valence-corrected chi connectivity index (χ4v) is 2.01. The van der Waals surface area contributed by atoms with E-state index in [0.717, 1.165) is 23.4 Å². The zero-order valence-electron chi connectivity index (χ0n) is 12.2. The number of ether oxygens (including phenoxy) is 1. The zero-order valence-corrected chi connectivity index (χ0v) is 12.2. The van der Waals surface area contributed by atoms with Crippen LogP contribution in [0.1, 0.15) is 30.5 Å². The number of methoxy groups -OCH3 is 1. The molecule has 1 aromatic carbocycles. The number of hydrogen-bond acceptors (Lipinski definition) is 3. The van der Waals surface area contributed by atoms with Crippen molar-refractivity contribution in [2.75, 3.05) is 14.2 Å². The van der Waals surface area contributed by atoms with Crippen molar-refractivity contribution < 1.29 is 4.74 Å². The molecule has 0 aromatic heterocycles. The maximum atomic E-state index is 9.12. The molecule has 0 aliphatic carbocycles. The molecule has 3 nitrogen and oxygen atoms in total. The SMILES string of the molecule is COc1c(C)cc(CN(C)C(C)(C)C#N)cc1C. The molecule has 0 bridgehead atoms. The molecular formula is C15H22N2O. The molecule has 0 unspecified atom stereocenters. The van der Waals surface area contributed by atoms with Crippen LogP contribution >= 0.6 is 0 Å². The second-order valence-corrected chi connectivity index (χ2v) is 5.29. The first-order valence-corrected chi connectivity index (χ1v) is 6.08. The summed E-state index contributed by atoms with van der Waals surface area (Å²) in [5.74, 6) is 0.945. The molecule has 1 aromatic rings. The van der Waals surface area contributed by atoms with Gasteiger partial charge in [-0.25, -0.2) is 0 Å². The van der Waals surface area contributed by atoms with E-state index in [1.165, 1.54) is 5.56 Å². The van der Waals surface area contributed by atoms with Gasteiger partial charge >= 0.3 is 0 Å². The molecule has 0 aliphatic heterocycles. The van der Waals surface area contributed by atoms with E-state index in [9.17, 15) is 0 Å². The Morgan fingerprint density at radius 1 is 1.28 bits per heavy atom. The Morgan fingerprint density at radius 3 is 2.17 bits per heavy atom. The van der Waals surface area contributed by atoms with Gasteiger partial charge in [0.25, 0.3) is 0 Å². The molecule has 0 atom stereocenters. The zero-order chi connectivity index (χ0) is 13.9. The van der Waals surface area contributed by atoms with Crippen LogP contribution in [0.25, 0.3) is 0 Å². The molecular weight excluding hydrogens is 224 g/mol. The lowest BCUT2D eigenvalue weighted by atomic mass is 10.0. The first-order chi connectivity index (χ1) is 8.31. The highest BCUT2D eigenvalue weighted by molar-refractivity contribution is 5.43. The average Bonchev–Trinajstić information content (AvgIpc) is 2.28. The average molecular weight is 246 g/mol. The summed E-state index contributed by atoms with van der Waals surface area (Å²) in [5.41, 5.74) is 3.02. The van der Waals surface area contributed by atoms with Gasteiger partial charge in [-0.1, -0.05) is 12.1 Å². The number of hydrogen-bond donors (Lipinski definition) is 0. The molecule has 18 heavy (non-hydrogen) atoms. The Labute approximate surface area is 110 Å². The van der Waals surface area contributed by atoms with Gasteiger partial charge in [-0.2, -0.15) is 5.26 Å². The molecule has 0 saturated heterocycles. The largest absolute Gasteiger partial charge is 0.496 e. The summed E-state index contributed by atoms with van der Waals surface area (Å²) in [6, 6.07) is 6.56. The molecule has 0 spiro atoms. The summed E-state index contributed by atoms with van der Waals surface area (Å²) in [6.45, 7) is 8.70. The second-order valence-electron chi connectivity index (χ2n) is 5.29. The van der Waals surface area contributed by atoms with Crippen LogP contribution in [-0.4, -0.2) is 24.6 Å². The van der Waals surface area contributed by atoms with E-state index in [-0.39, 0.29) is 0 Å². The van der Waals surface area contributed by atoms with E-state index >= 15 is 0 Å². The van der Waals surface area contributed by atoms with Gasteiger partial charge in [0.2, 0.25) is 0 Å². The van der Waals surface area contributed by atoms with Gasteiger partial charge in [-0.15, -0.1) is 0 Å². The van der Waals surface area contributed by atoms with Crippen LogP contribution in [0.15, 0.2) is 12.1 Å². The number of nitrogens with zero attached hydrogens (tertiary/aromatic N) is 2. The highest BCUT2D eigenvalue weighted by Gasteiger charge is 2.23. The van der Waals surface area contributed by atoms with Gasteiger partial charge in [-0.3, -0.25) is 4.90 Å². The molecule has 0 heterocycles. The summed E-state index contributed by atoms with van der Waals surface area (Å²) < 4.78 is 5.36. The van der Waals surface area contributed by atoms with Gasteiger partial charge in [0.05, 0.1) is 13.2 Å². The van der Waals surface area contributed by atoms with Crippen molar-refractivity contribution in [3.8, 4) is 11.8 Å². The van der Waals surface area contributed by atoms with Crippen molar-refractivity contribution in [3.63, 3.8) is 0 Å². The fraction of sp³-hybridized carbons (Fsp3) is 0.533. The second kappa shape index (κ2) is 5.41. The smallest absolute Gasteiger partial charge is 0.124 e. The molecule has 0 radical (unpaired) electrons. The standard InChI is InChI=1S/C15H22N2O/c1-11-7-13(8-12(2)14(11)18-6)9-17(5)15(3,4)10-16/h7-8H,9H2,1-6H3. The molecule has 0 fully saturated rings. The minimum absolute atomic E-state index is 0.457. The lowest BCUT2D eigenvalue weighted by Crippen LogP contribution is -2.39. The van der Waals surface area contributed by atoms with Crippen LogP contribution in [-0.2, 0) is 6.54 Å². The van der Waals surface area contributed by atoms with Gasteiger partial charge < -0.3 is 4.74 Å². The van der Waals surface area contributed by atoms with Crippen molar-refractivity contribution in [3.05, 3.63) is 28.8 Å². The van der Waals surface area contributed by atoms with Crippen molar-refractivity contribution in [1.82, 2.24) is 4.90 Å². The fourth-order valence-electron chi connectivity index (χ4n) is 2.01. The molecule has 0 aliphatic rings. The van der Waals surface area contributed by atoms with Gasteiger partial charge in [0.15, 0.2) is 0 Å². The highest BCUT2D eigenvalue weighted by Crippen LogP contribution is 2.25. The molecule has 0 amide bonds. The molecule has 0 N–H and O–H groups in total. The molecule has 0 saturated carbocycles. The predicted octanol–water partition coefficient (Wildman–Crippen LogP) is 3.05. The first kappa shape index (κ1) is 14.5. The predicted molar refractivity (Wildman–Crippen MR) is 73.6 cm³/mol. The number of benzene rings is 1. The number of aryl methyl sites for hydroxylation is 2. The summed E-state index contributed by atoms with van der Waals surface area (Å²) in [7, 11) is 3.66. The maximum absolute atomic E-state index is 9.12. The lowest BCUT2D eigenvalue weighted by Gasteiger charge is -2.29. The van der Waals surface area contributed by atoms with Gasteiger partial charge in [0.1, 0.15) is 11.3 Å². The first-order valence-electron chi connectivity index (χ1n) is 6.08. The Balaban J connectivity index is 2.97. The molecule has 98 valence electrons. The summed E-state index contributed by atoms with van der Waals surface area (Å²) >= 11 is 0. The Bertz CT molecular complexity index is 449. The van der Waals surface area contributed by atoms with Gasteiger partial charge in [0, 0.05) is 6.54 Å². The minimum Gasteiger partial charge on any atom is -0.496 e. The van der Waals surface area contributed by atoms with Gasteiger partial charge in [-0.05, 0) is 51.4 Å². The Kier molecular flexibility index (Phi) is 4.37. The van der Waals surface area contributed by atoms with Crippen LogP contribution in [0, 0.1) is 25.2 Å². The van der Waals surface area contributed by atoms with Crippen LogP contribution in [0.5, 0.6) is 5.75 Å². The van der Waals surface area contributed by atoms with Crippen LogP contribution in [0.4, 0.5) is 0 Å². The van der Waals surface area contributed by atoms with E-state index in [1.807, 2.05) is 39.6 Å². The normalized spacial score (nSPS) is 11.4. The van der Waals surface area contributed by atoms with Crippen molar-refractivity contribution >= 4 is 0 Å². The van der Waals surface area contributed by atoms with Crippen molar-refractivity contribution in [2.45, 2.75) is 39.8 Å². The molecule has 3 heteroatoms. The van der Waals surface area contributed by atoms with Crippen LogP contribution in [0.2, 0.25) is 0 Å². The highest BCUT2D eigenvalue weighted by atomic mass is 16.5. The van der Waals surface area contributed by atoms with E-state index in [0.29, 0.717) is 0 Å². The summed E-state index contributed by atoms with van der Waals surface area (Å²) in [5, 5.41) is 9.12. The summed E-state index contributed by atoms with van der Waals surface area (Å²) in [6.07, 6.45) is 0.